The van der Waals surface area contributed by atoms with E-state index in [4.69, 9.17) is 10.5 Å². The van der Waals surface area contributed by atoms with E-state index in [1.807, 2.05) is 43.3 Å². The Morgan fingerprint density at radius 2 is 1.92 bits per heavy atom. The van der Waals surface area contributed by atoms with Crippen molar-refractivity contribution >= 4 is 18.3 Å². The summed E-state index contributed by atoms with van der Waals surface area (Å²) in [4.78, 5) is 13.0. The summed E-state index contributed by atoms with van der Waals surface area (Å²) < 4.78 is 5.36. The molecule has 0 spiro atoms. The molecule has 4 nitrogen and oxygen atoms in total. The molecule has 0 saturated heterocycles. The number of rotatable bonds is 5. The van der Waals surface area contributed by atoms with Gasteiger partial charge >= 0.3 is 0 Å². The van der Waals surface area contributed by atoms with Gasteiger partial charge in [0.05, 0.1) is 18.6 Å². The number of ether oxygens (including phenoxy) is 1. The molecule has 0 aromatic heterocycles. The van der Waals surface area contributed by atoms with Crippen LogP contribution in [-0.4, -0.2) is 19.6 Å². The molecule has 2 atom stereocenters. The summed E-state index contributed by atoms with van der Waals surface area (Å²) in [6.45, 7) is 2.42. The molecule has 26 heavy (non-hydrogen) atoms. The zero-order chi connectivity index (χ0) is 17.9. The van der Waals surface area contributed by atoms with Gasteiger partial charge in [0.15, 0.2) is 0 Å². The highest BCUT2D eigenvalue weighted by Gasteiger charge is 2.38. The molecule has 0 bridgehead atoms. The van der Waals surface area contributed by atoms with Crippen LogP contribution in [-0.2, 0) is 16.6 Å². The fourth-order valence-corrected chi connectivity index (χ4v) is 3.76. The summed E-state index contributed by atoms with van der Waals surface area (Å²) in [5.74, 6) is 0.795. The van der Waals surface area contributed by atoms with Gasteiger partial charge < -0.3 is 15.8 Å². The largest absolute Gasteiger partial charge is 0.496 e. The Labute approximate surface area is 161 Å². The Bertz CT molecular complexity index is 765. The van der Waals surface area contributed by atoms with E-state index in [2.05, 4.69) is 17.4 Å². The highest BCUT2D eigenvalue weighted by molar-refractivity contribution is 5.88. The lowest BCUT2D eigenvalue weighted by Gasteiger charge is -2.35. The van der Waals surface area contributed by atoms with Gasteiger partial charge in [-0.05, 0) is 43.4 Å². The number of halogens is 1. The van der Waals surface area contributed by atoms with Crippen molar-refractivity contribution < 1.29 is 9.53 Å². The number of para-hydroxylation sites is 1. The molecule has 2 aromatic carbocycles. The van der Waals surface area contributed by atoms with Crippen LogP contribution in [0.25, 0.3) is 0 Å². The minimum absolute atomic E-state index is 0. The van der Waals surface area contributed by atoms with Crippen molar-refractivity contribution in [1.29, 1.82) is 0 Å². The summed E-state index contributed by atoms with van der Waals surface area (Å²) in [6.07, 6.45) is 2.93. The first-order valence-corrected chi connectivity index (χ1v) is 8.81. The second kappa shape index (κ2) is 8.56. The lowest BCUT2D eigenvalue weighted by molar-refractivity contribution is -0.126. The number of fused-ring (bicyclic) bond motifs is 1. The quantitative estimate of drug-likeness (QED) is 0.841. The van der Waals surface area contributed by atoms with Crippen LogP contribution in [0.1, 0.15) is 42.5 Å². The average Bonchev–Trinajstić information content (AvgIpc) is 2.66. The molecule has 3 rings (SSSR count). The SMILES string of the molecule is COc1ccccc1C(N)CNC(=O)C1(C)CCCc2ccccc21.Cl. The smallest absolute Gasteiger partial charge is 0.230 e. The monoisotopic (exact) mass is 374 g/mol. The summed E-state index contributed by atoms with van der Waals surface area (Å²) in [7, 11) is 1.63. The number of hydrogen-bond donors (Lipinski definition) is 2. The van der Waals surface area contributed by atoms with Crippen molar-refractivity contribution in [3.05, 3.63) is 65.2 Å². The molecule has 140 valence electrons. The van der Waals surface area contributed by atoms with Gasteiger partial charge in [0, 0.05) is 12.1 Å². The zero-order valence-corrected chi connectivity index (χ0v) is 16.1. The van der Waals surface area contributed by atoms with Crippen molar-refractivity contribution in [2.24, 2.45) is 5.73 Å². The number of carbonyl (C=O) groups is 1. The molecule has 0 saturated carbocycles. The van der Waals surface area contributed by atoms with E-state index in [-0.39, 0.29) is 24.4 Å². The predicted octanol–water partition coefficient (Wildman–Crippen LogP) is 3.53. The molecule has 0 radical (unpaired) electrons. The normalized spacial score (nSPS) is 19.7. The molecule has 3 N–H and O–H groups in total. The number of benzene rings is 2. The average molecular weight is 375 g/mol. The van der Waals surface area contributed by atoms with Crippen LogP contribution < -0.4 is 15.8 Å². The second-order valence-electron chi connectivity index (χ2n) is 6.90. The van der Waals surface area contributed by atoms with Gasteiger partial charge in [-0.2, -0.15) is 0 Å². The van der Waals surface area contributed by atoms with Crippen LogP contribution >= 0.6 is 12.4 Å². The maximum absolute atomic E-state index is 13.0. The molecule has 0 heterocycles. The number of methoxy groups -OCH3 is 1. The molecule has 1 aliphatic rings. The Morgan fingerprint density at radius 3 is 2.69 bits per heavy atom. The van der Waals surface area contributed by atoms with E-state index >= 15 is 0 Å². The lowest BCUT2D eigenvalue weighted by atomic mass is 9.70. The predicted molar refractivity (Wildman–Crippen MR) is 107 cm³/mol. The topological polar surface area (TPSA) is 64.3 Å². The molecule has 1 amide bonds. The fraction of sp³-hybridized carbons (Fsp3) is 0.381. The van der Waals surface area contributed by atoms with Gasteiger partial charge in [-0.15, -0.1) is 12.4 Å². The summed E-state index contributed by atoms with van der Waals surface area (Å²) >= 11 is 0. The highest BCUT2D eigenvalue weighted by Crippen LogP contribution is 2.37. The van der Waals surface area contributed by atoms with E-state index in [1.54, 1.807) is 7.11 Å². The van der Waals surface area contributed by atoms with Crippen molar-refractivity contribution in [2.75, 3.05) is 13.7 Å². The molecule has 5 heteroatoms. The number of nitrogens with one attached hydrogen (secondary N) is 1. The molecule has 2 unspecified atom stereocenters. The minimum atomic E-state index is -0.491. The number of carbonyl (C=O) groups excluding carboxylic acids is 1. The van der Waals surface area contributed by atoms with E-state index in [0.717, 1.165) is 36.1 Å². The number of nitrogens with two attached hydrogens (primary N) is 1. The van der Waals surface area contributed by atoms with Crippen LogP contribution in [0.15, 0.2) is 48.5 Å². The van der Waals surface area contributed by atoms with Crippen LogP contribution in [0.5, 0.6) is 5.75 Å². The van der Waals surface area contributed by atoms with Gasteiger partial charge in [-0.1, -0.05) is 42.5 Å². The van der Waals surface area contributed by atoms with E-state index < -0.39 is 5.41 Å². The van der Waals surface area contributed by atoms with E-state index in [9.17, 15) is 4.79 Å². The standard InChI is InChI=1S/C21H26N2O2.ClH/c1-21(13-7-9-15-8-3-5-11-17(15)21)20(24)23-14-18(22)16-10-4-6-12-19(16)25-2;/h3-6,8,10-12,18H,7,9,13-14,22H2,1-2H3,(H,23,24);1H. The van der Waals surface area contributed by atoms with Crippen molar-refractivity contribution in [2.45, 2.75) is 37.6 Å². The molecular weight excluding hydrogens is 348 g/mol. The molecule has 1 aliphatic carbocycles. The Morgan fingerprint density at radius 1 is 1.23 bits per heavy atom. The van der Waals surface area contributed by atoms with Gasteiger partial charge in [0.25, 0.3) is 0 Å². The lowest BCUT2D eigenvalue weighted by Crippen LogP contribution is -2.46. The van der Waals surface area contributed by atoms with Gasteiger partial charge in [0.2, 0.25) is 5.91 Å². The summed E-state index contributed by atoms with van der Waals surface area (Å²) in [6, 6.07) is 15.6. The molecule has 2 aromatic rings. The number of hydrogen-bond acceptors (Lipinski definition) is 3. The first-order valence-electron chi connectivity index (χ1n) is 8.81. The maximum atomic E-state index is 13.0. The zero-order valence-electron chi connectivity index (χ0n) is 15.3. The number of amides is 1. The molecule has 0 fully saturated rings. The molecule has 0 aliphatic heterocycles. The Balaban J connectivity index is 0.00000243. The third-order valence-electron chi connectivity index (χ3n) is 5.26. The van der Waals surface area contributed by atoms with E-state index in [0.29, 0.717) is 6.54 Å². The minimum Gasteiger partial charge on any atom is -0.496 e. The highest BCUT2D eigenvalue weighted by atomic mass is 35.5. The third-order valence-corrected chi connectivity index (χ3v) is 5.26. The van der Waals surface area contributed by atoms with Crippen LogP contribution in [0.2, 0.25) is 0 Å². The summed E-state index contributed by atoms with van der Waals surface area (Å²) in [5.41, 5.74) is 9.13. The van der Waals surface area contributed by atoms with Crippen molar-refractivity contribution in [3.63, 3.8) is 0 Å². The Hall–Kier alpha value is -2.04. The molecular formula is C21H27ClN2O2. The van der Waals surface area contributed by atoms with Crippen LogP contribution in [0, 0.1) is 0 Å². The van der Waals surface area contributed by atoms with Gasteiger partial charge in [-0.3, -0.25) is 4.79 Å². The first kappa shape index (κ1) is 20.3. The third kappa shape index (κ3) is 3.87. The van der Waals surface area contributed by atoms with E-state index in [1.165, 1.54) is 5.56 Å². The van der Waals surface area contributed by atoms with Crippen LogP contribution in [0.4, 0.5) is 0 Å². The number of aryl methyl sites for hydroxylation is 1. The Kier molecular flexibility index (Phi) is 6.68. The van der Waals surface area contributed by atoms with Crippen molar-refractivity contribution in [3.8, 4) is 5.75 Å². The second-order valence-corrected chi connectivity index (χ2v) is 6.90. The summed E-state index contributed by atoms with van der Waals surface area (Å²) in [5, 5.41) is 3.06. The van der Waals surface area contributed by atoms with Gasteiger partial charge in [0.1, 0.15) is 5.75 Å². The van der Waals surface area contributed by atoms with Crippen molar-refractivity contribution in [1.82, 2.24) is 5.32 Å². The fourth-order valence-electron chi connectivity index (χ4n) is 3.76. The maximum Gasteiger partial charge on any atom is 0.230 e. The van der Waals surface area contributed by atoms with Gasteiger partial charge in [-0.25, -0.2) is 0 Å². The first-order chi connectivity index (χ1) is 12.1. The van der Waals surface area contributed by atoms with Crippen LogP contribution in [0.3, 0.4) is 0 Å².